The highest BCUT2D eigenvalue weighted by atomic mass is 15.1. The van der Waals surface area contributed by atoms with E-state index in [0.29, 0.717) is 0 Å². The first-order chi connectivity index (χ1) is 40.2. The van der Waals surface area contributed by atoms with Gasteiger partial charge in [-0.2, -0.15) is 0 Å². The molecule has 0 saturated heterocycles. The first-order valence-electron chi connectivity index (χ1n) is 28.2. The molecule has 2 aliphatic rings. The predicted octanol–water partition coefficient (Wildman–Crippen LogP) is 21.1. The van der Waals surface area contributed by atoms with Gasteiger partial charge in [-0.1, -0.05) is 237 Å². The van der Waals surface area contributed by atoms with E-state index < -0.39 is 5.41 Å². The first kappa shape index (κ1) is 45.5. The Morgan fingerprint density at radius 2 is 0.704 bits per heavy atom. The summed E-state index contributed by atoms with van der Waals surface area (Å²) in [6.07, 6.45) is 0. The monoisotopic (exact) mass is 1030 g/mol. The Morgan fingerprint density at radius 1 is 0.247 bits per heavy atom. The summed E-state index contributed by atoms with van der Waals surface area (Å²) in [7, 11) is 0. The van der Waals surface area contributed by atoms with E-state index in [1.807, 2.05) is 0 Å². The largest absolute Gasteiger partial charge is 0.310 e. The fourth-order valence-corrected chi connectivity index (χ4v) is 14.4. The third-order valence-corrected chi connectivity index (χ3v) is 17.8. The molecule has 1 heterocycles. The van der Waals surface area contributed by atoms with Crippen molar-refractivity contribution in [2.24, 2.45) is 0 Å². The first-order valence-corrected chi connectivity index (χ1v) is 28.2. The van der Waals surface area contributed by atoms with Crippen molar-refractivity contribution >= 4 is 71.2 Å². The van der Waals surface area contributed by atoms with E-state index in [1.165, 1.54) is 132 Å². The number of anilines is 3. The third kappa shape index (κ3) is 6.62. The highest BCUT2D eigenvalue weighted by Crippen LogP contribution is 2.64. The van der Waals surface area contributed by atoms with Crippen molar-refractivity contribution in [3.63, 3.8) is 0 Å². The van der Waals surface area contributed by atoms with E-state index >= 15 is 0 Å². The Kier molecular flexibility index (Phi) is 9.96. The summed E-state index contributed by atoms with van der Waals surface area (Å²) >= 11 is 0. The highest BCUT2D eigenvalue weighted by molar-refractivity contribution is 6.22. The maximum atomic E-state index is 2.56. The Labute approximate surface area is 470 Å². The normalized spacial score (nSPS) is 12.8. The highest BCUT2D eigenvalue weighted by Gasteiger charge is 2.52. The van der Waals surface area contributed by atoms with Crippen LogP contribution in [0.1, 0.15) is 22.3 Å². The molecule has 0 bridgehead atoms. The second kappa shape index (κ2) is 17.7. The second-order valence-electron chi connectivity index (χ2n) is 21.8. The summed E-state index contributed by atoms with van der Waals surface area (Å²) in [5.74, 6) is 0. The molecule has 0 saturated carbocycles. The number of nitrogens with zero attached hydrogens (tertiary/aromatic N) is 2. The summed E-state index contributed by atoms with van der Waals surface area (Å²) in [6, 6.07) is 113. The van der Waals surface area contributed by atoms with E-state index in [4.69, 9.17) is 0 Å². The molecular weight excluding hydrogens is 977 g/mol. The van der Waals surface area contributed by atoms with Crippen molar-refractivity contribution in [2.75, 3.05) is 4.90 Å². The van der Waals surface area contributed by atoms with Crippen LogP contribution in [-0.2, 0) is 5.41 Å². The van der Waals surface area contributed by atoms with Crippen molar-refractivity contribution in [3.05, 3.63) is 326 Å². The van der Waals surface area contributed by atoms with E-state index in [0.717, 1.165) is 22.7 Å². The lowest BCUT2D eigenvalue weighted by atomic mass is 9.70. The Bertz CT molecular complexity index is 4940. The van der Waals surface area contributed by atoms with Gasteiger partial charge in [0.1, 0.15) is 0 Å². The van der Waals surface area contributed by atoms with Crippen LogP contribution in [0.15, 0.2) is 303 Å². The number of fused-ring (bicyclic) bond motifs is 16. The lowest BCUT2D eigenvalue weighted by Crippen LogP contribution is -2.26. The Hall–Kier alpha value is -10.5. The van der Waals surface area contributed by atoms with Crippen LogP contribution in [0.25, 0.3) is 115 Å². The van der Waals surface area contributed by atoms with Gasteiger partial charge in [-0.15, -0.1) is 0 Å². The molecule has 0 amide bonds. The number of hydrogen-bond acceptors (Lipinski definition) is 1. The number of aromatic nitrogens is 1. The van der Waals surface area contributed by atoms with E-state index in [-0.39, 0.29) is 0 Å². The molecule has 15 aromatic rings. The molecule has 0 atom stereocenters. The molecule has 1 spiro atoms. The van der Waals surface area contributed by atoms with Gasteiger partial charge in [0, 0.05) is 33.5 Å². The standard InChI is InChI=1S/C79H50N2/c1-3-21-53(22-4-1)77-66-30-9-11-32-68(66)78(69-33-12-10-31-67(69)77)54-40-45-63-64-46-43-58(50-74(64)79(73(63)48-54)71-35-16-13-27-61(71)62-28-14-17-36-72(62)79)80(56-41-38-52(39-42-56)60-34-19-23-51-20-7-8-26-59(51)60)57-44-47-76-70(49-57)65-29-15-18-37-75(65)81(76)55-24-5-2-6-25-55/h1-50H. The maximum Gasteiger partial charge on any atom is 0.0726 e. The van der Waals surface area contributed by atoms with E-state index in [1.54, 1.807) is 0 Å². The van der Waals surface area contributed by atoms with Crippen LogP contribution < -0.4 is 4.90 Å². The molecule has 17 rings (SSSR count). The summed E-state index contributed by atoms with van der Waals surface area (Å²) in [5.41, 5.74) is 23.9. The van der Waals surface area contributed by atoms with Crippen LogP contribution in [0, 0.1) is 0 Å². The SMILES string of the molecule is c1ccc(-c2c3ccccc3c(-c3ccc4c(c3)C3(c5ccccc5-c5ccccc53)c3cc(N(c5ccc(-c6cccc7ccccc67)cc5)c5ccc6c(c5)c5ccccc5n6-c5ccccc5)ccc3-4)c3ccccc23)cc1. The van der Waals surface area contributed by atoms with Crippen LogP contribution in [-0.4, -0.2) is 4.57 Å². The van der Waals surface area contributed by atoms with Crippen LogP contribution >= 0.6 is 0 Å². The quantitative estimate of drug-likeness (QED) is 0.144. The van der Waals surface area contributed by atoms with E-state index in [9.17, 15) is 0 Å². The van der Waals surface area contributed by atoms with Crippen molar-refractivity contribution in [1.82, 2.24) is 4.57 Å². The van der Waals surface area contributed by atoms with Crippen molar-refractivity contribution in [3.8, 4) is 61.3 Å². The van der Waals surface area contributed by atoms with Gasteiger partial charge in [-0.05, 0) is 177 Å². The molecule has 0 unspecified atom stereocenters. The zero-order valence-corrected chi connectivity index (χ0v) is 44.3. The minimum atomic E-state index is -0.615. The van der Waals surface area contributed by atoms with Crippen molar-refractivity contribution in [1.29, 1.82) is 0 Å². The van der Waals surface area contributed by atoms with Gasteiger partial charge < -0.3 is 9.47 Å². The van der Waals surface area contributed by atoms with Gasteiger partial charge in [0.05, 0.1) is 16.4 Å². The van der Waals surface area contributed by atoms with Crippen molar-refractivity contribution < 1.29 is 0 Å². The minimum Gasteiger partial charge on any atom is -0.310 e. The average Bonchev–Trinajstić information content (AvgIpc) is 4.33. The molecule has 1 aromatic heterocycles. The fraction of sp³-hybridized carbons (Fsp3) is 0.0127. The smallest absolute Gasteiger partial charge is 0.0726 e. The molecule has 2 aliphatic carbocycles. The number of hydrogen-bond donors (Lipinski definition) is 0. The van der Waals surface area contributed by atoms with Gasteiger partial charge in [0.2, 0.25) is 0 Å². The van der Waals surface area contributed by atoms with Crippen LogP contribution in [0.4, 0.5) is 17.1 Å². The summed E-state index contributed by atoms with van der Waals surface area (Å²) in [6.45, 7) is 0. The van der Waals surface area contributed by atoms with Gasteiger partial charge in [0.25, 0.3) is 0 Å². The molecule has 0 aliphatic heterocycles. The average molecular weight is 1030 g/mol. The molecule has 376 valence electrons. The van der Waals surface area contributed by atoms with Gasteiger partial charge in [-0.25, -0.2) is 0 Å². The molecule has 2 heteroatoms. The molecule has 81 heavy (non-hydrogen) atoms. The van der Waals surface area contributed by atoms with Gasteiger partial charge in [0.15, 0.2) is 0 Å². The Morgan fingerprint density at radius 3 is 1.40 bits per heavy atom. The number of rotatable bonds is 7. The maximum absolute atomic E-state index is 2.56. The number of para-hydroxylation sites is 2. The van der Waals surface area contributed by atoms with Crippen molar-refractivity contribution in [2.45, 2.75) is 5.41 Å². The molecule has 0 fully saturated rings. The second-order valence-corrected chi connectivity index (χ2v) is 21.8. The third-order valence-electron chi connectivity index (χ3n) is 17.8. The summed E-state index contributed by atoms with van der Waals surface area (Å²) in [5, 5.41) is 9.92. The van der Waals surface area contributed by atoms with Gasteiger partial charge >= 0.3 is 0 Å². The summed E-state index contributed by atoms with van der Waals surface area (Å²) < 4.78 is 2.40. The molecule has 0 radical (unpaired) electrons. The summed E-state index contributed by atoms with van der Waals surface area (Å²) in [4.78, 5) is 2.49. The molecular formula is C79H50N2. The zero-order chi connectivity index (χ0) is 53.2. The van der Waals surface area contributed by atoms with Crippen LogP contribution in [0.3, 0.4) is 0 Å². The minimum absolute atomic E-state index is 0.615. The Balaban J connectivity index is 0.908. The molecule has 2 nitrogen and oxygen atoms in total. The molecule has 0 N–H and O–H groups in total. The van der Waals surface area contributed by atoms with Crippen LogP contribution in [0.5, 0.6) is 0 Å². The van der Waals surface area contributed by atoms with Gasteiger partial charge in [-0.3, -0.25) is 0 Å². The molecule has 14 aromatic carbocycles. The lowest BCUT2D eigenvalue weighted by Gasteiger charge is -2.32. The van der Waals surface area contributed by atoms with Crippen LogP contribution in [0.2, 0.25) is 0 Å². The van der Waals surface area contributed by atoms with E-state index in [2.05, 4.69) is 313 Å². The lowest BCUT2D eigenvalue weighted by molar-refractivity contribution is 0.794. The predicted molar refractivity (Wildman–Crippen MR) is 341 cm³/mol. The zero-order valence-electron chi connectivity index (χ0n) is 44.3. The topological polar surface area (TPSA) is 8.17 Å². The fourth-order valence-electron chi connectivity index (χ4n) is 14.4. The number of benzene rings is 14.